The molecule has 5 nitrogen and oxygen atoms in total. The minimum absolute atomic E-state index is 0.00140. The van der Waals surface area contributed by atoms with Crippen LogP contribution < -0.4 is 15.4 Å². The molecule has 2 rings (SSSR count). The van der Waals surface area contributed by atoms with Gasteiger partial charge in [-0.25, -0.2) is 8.78 Å². The van der Waals surface area contributed by atoms with Crippen molar-refractivity contribution in [2.24, 2.45) is 0 Å². The lowest BCUT2D eigenvalue weighted by molar-refractivity contribution is -0.114. The molecule has 25 heavy (non-hydrogen) atoms. The summed E-state index contributed by atoms with van der Waals surface area (Å²) in [7, 11) is 1.46. The molecule has 2 aromatic rings. The van der Waals surface area contributed by atoms with Gasteiger partial charge < -0.3 is 15.4 Å². The standard InChI is InChI=1S/C17H16F2N2O3S/c1-10(22)20-11-3-6-16(24-2)15(7-11)21-17(23)9-25-12-4-5-13(18)14(19)8-12/h3-8H,9H2,1-2H3,(H,20,22)(H,21,23). The maximum absolute atomic E-state index is 13.2. The van der Waals surface area contributed by atoms with Crippen molar-refractivity contribution in [1.29, 1.82) is 0 Å². The van der Waals surface area contributed by atoms with E-state index in [1.54, 1.807) is 18.2 Å². The number of amides is 2. The number of carbonyl (C=O) groups excluding carboxylic acids is 2. The second-order valence-corrected chi connectivity index (χ2v) is 6.06. The van der Waals surface area contributed by atoms with Crippen molar-refractivity contribution in [2.45, 2.75) is 11.8 Å². The van der Waals surface area contributed by atoms with Crippen LogP contribution in [0.2, 0.25) is 0 Å². The zero-order valence-corrected chi connectivity index (χ0v) is 14.4. The Hall–Kier alpha value is -2.61. The number of halogens is 2. The molecule has 0 aliphatic heterocycles. The average Bonchev–Trinajstić information content (AvgIpc) is 2.56. The van der Waals surface area contributed by atoms with Gasteiger partial charge in [0.15, 0.2) is 11.6 Å². The van der Waals surface area contributed by atoms with Gasteiger partial charge in [0.25, 0.3) is 0 Å². The Morgan fingerprint density at radius 3 is 2.48 bits per heavy atom. The van der Waals surface area contributed by atoms with Crippen LogP contribution in [0.1, 0.15) is 6.92 Å². The van der Waals surface area contributed by atoms with Crippen molar-refractivity contribution < 1.29 is 23.1 Å². The molecule has 0 unspecified atom stereocenters. The summed E-state index contributed by atoms with van der Waals surface area (Å²) >= 11 is 1.07. The lowest BCUT2D eigenvalue weighted by Gasteiger charge is -2.12. The predicted octanol–water partition coefficient (Wildman–Crippen LogP) is 3.66. The first-order valence-corrected chi connectivity index (χ1v) is 8.21. The fourth-order valence-corrected chi connectivity index (χ4v) is 2.71. The molecule has 2 N–H and O–H groups in total. The van der Waals surface area contributed by atoms with Gasteiger partial charge in [-0.05, 0) is 36.4 Å². The molecule has 0 radical (unpaired) electrons. The maximum atomic E-state index is 13.2. The summed E-state index contributed by atoms with van der Waals surface area (Å²) in [5.41, 5.74) is 0.904. The third-order valence-electron chi connectivity index (χ3n) is 3.05. The van der Waals surface area contributed by atoms with Gasteiger partial charge in [-0.1, -0.05) is 0 Å². The average molecular weight is 366 g/mol. The van der Waals surface area contributed by atoms with E-state index in [1.807, 2.05) is 0 Å². The molecule has 0 fully saturated rings. The van der Waals surface area contributed by atoms with E-state index < -0.39 is 11.6 Å². The number of thioether (sulfide) groups is 1. The van der Waals surface area contributed by atoms with Gasteiger partial charge >= 0.3 is 0 Å². The van der Waals surface area contributed by atoms with E-state index in [9.17, 15) is 18.4 Å². The van der Waals surface area contributed by atoms with Gasteiger partial charge in [0.1, 0.15) is 5.75 Å². The van der Waals surface area contributed by atoms with E-state index in [1.165, 1.54) is 20.1 Å². The van der Waals surface area contributed by atoms with Crippen LogP contribution in [-0.4, -0.2) is 24.7 Å². The molecule has 0 saturated heterocycles. The summed E-state index contributed by atoms with van der Waals surface area (Å²) in [5, 5.41) is 5.28. The Labute approximate surface area is 147 Å². The maximum Gasteiger partial charge on any atom is 0.234 e. The zero-order valence-electron chi connectivity index (χ0n) is 13.6. The highest BCUT2D eigenvalue weighted by Gasteiger charge is 2.11. The monoisotopic (exact) mass is 366 g/mol. The molecule has 132 valence electrons. The molecule has 0 atom stereocenters. The molecule has 0 spiro atoms. The minimum atomic E-state index is -0.963. The summed E-state index contributed by atoms with van der Waals surface area (Å²) in [6, 6.07) is 8.27. The molecule has 2 amide bonds. The Kier molecular flexibility index (Phi) is 6.35. The fraction of sp³-hybridized carbons (Fsp3) is 0.176. The van der Waals surface area contributed by atoms with E-state index in [2.05, 4.69) is 10.6 Å². The molecular weight excluding hydrogens is 350 g/mol. The second kappa shape index (κ2) is 8.48. The van der Waals surface area contributed by atoms with Crippen LogP contribution in [0.3, 0.4) is 0 Å². The summed E-state index contributed by atoms with van der Waals surface area (Å²) in [6.45, 7) is 1.38. The second-order valence-electron chi connectivity index (χ2n) is 5.01. The van der Waals surface area contributed by atoms with Crippen LogP contribution in [0.15, 0.2) is 41.3 Å². The van der Waals surface area contributed by atoms with Crippen LogP contribution in [0, 0.1) is 11.6 Å². The van der Waals surface area contributed by atoms with E-state index in [0.717, 1.165) is 23.9 Å². The van der Waals surface area contributed by atoms with Crippen molar-refractivity contribution in [3.63, 3.8) is 0 Å². The van der Waals surface area contributed by atoms with Crippen LogP contribution in [0.4, 0.5) is 20.2 Å². The summed E-state index contributed by atoms with van der Waals surface area (Å²) in [5.74, 6) is -2.06. The van der Waals surface area contributed by atoms with Gasteiger partial charge in [-0.3, -0.25) is 9.59 Å². The highest BCUT2D eigenvalue weighted by molar-refractivity contribution is 8.00. The molecule has 8 heteroatoms. The van der Waals surface area contributed by atoms with Crippen molar-refractivity contribution in [3.8, 4) is 5.75 Å². The first kappa shape index (κ1) is 18.7. The lowest BCUT2D eigenvalue weighted by Crippen LogP contribution is -2.15. The first-order chi connectivity index (χ1) is 11.9. The Morgan fingerprint density at radius 1 is 1.08 bits per heavy atom. The van der Waals surface area contributed by atoms with Crippen LogP contribution in [-0.2, 0) is 9.59 Å². The minimum Gasteiger partial charge on any atom is -0.495 e. The topological polar surface area (TPSA) is 67.4 Å². The molecule has 0 aliphatic rings. The third-order valence-corrected chi connectivity index (χ3v) is 4.05. The van der Waals surface area contributed by atoms with Crippen LogP contribution in [0.5, 0.6) is 5.75 Å². The van der Waals surface area contributed by atoms with Gasteiger partial charge in [-0.2, -0.15) is 0 Å². The normalized spacial score (nSPS) is 10.2. The molecular formula is C17H16F2N2O3S. The highest BCUT2D eigenvalue weighted by Crippen LogP contribution is 2.28. The Morgan fingerprint density at radius 2 is 1.84 bits per heavy atom. The van der Waals surface area contributed by atoms with Crippen LogP contribution >= 0.6 is 11.8 Å². The molecule has 0 bridgehead atoms. The van der Waals surface area contributed by atoms with Crippen molar-refractivity contribution in [3.05, 3.63) is 48.0 Å². The summed E-state index contributed by atoms with van der Waals surface area (Å²) in [4.78, 5) is 23.7. The number of ether oxygens (including phenoxy) is 1. The van der Waals surface area contributed by atoms with E-state index in [0.29, 0.717) is 22.0 Å². The molecule has 0 aliphatic carbocycles. The highest BCUT2D eigenvalue weighted by atomic mass is 32.2. The number of hydrogen-bond acceptors (Lipinski definition) is 4. The number of rotatable bonds is 6. The fourth-order valence-electron chi connectivity index (χ4n) is 1.99. The largest absolute Gasteiger partial charge is 0.495 e. The molecule has 0 saturated carbocycles. The number of anilines is 2. The molecule has 0 heterocycles. The summed E-state index contributed by atoms with van der Waals surface area (Å²) < 4.78 is 31.2. The zero-order chi connectivity index (χ0) is 18.4. The van der Waals surface area contributed by atoms with Crippen molar-refractivity contribution in [2.75, 3.05) is 23.5 Å². The molecule has 0 aromatic heterocycles. The molecule has 2 aromatic carbocycles. The first-order valence-electron chi connectivity index (χ1n) is 7.22. The number of methoxy groups -OCH3 is 1. The number of hydrogen-bond donors (Lipinski definition) is 2. The van der Waals surface area contributed by atoms with Crippen molar-refractivity contribution >= 4 is 35.0 Å². The van der Waals surface area contributed by atoms with Gasteiger partial charge in [0.2, 0.25) is 11.8 Å². The third kappa shape index (κ3) is 5.46. The lowest BCUT2D eigenvalue weighted by atomic mass is 10.2. The van der Waals surface area contributed by atoms with E-state index in [-0.39, 0.29) is 17.6 Å². The van der Waals surface area contributed by atoms with Crippen LogP contribution in [0.25, 0.3) is 0 Å². The van der Waals surface area contributed by atoms with Gasteiger partial charge in [-0.15, -0.1) is 11.8 Å². The SMILES string of the molecule is COc1ccc(NC(C)=O)cc1NC(=O)CSc1ccc(F)c(F)c1. The Bertz CT molecular complexity index is 799. The predicted molar refractivity (Wildman–Crippen MR) is 93.0 cm³/mol. The Balaban J connectivity index is 2.03. The van der Waals surface area contributed by atoms with E-state index in [4.69, 9.17) is 4.74 Å². The quantitative estimate of drug-likeness (QED) is 0.766. The van der Waals surface area contributed by atoms with Gasteiger partial charge in [0.05, 0.1) is 18.6 Å². The smallest absolute Gasteiger partial charge is 0.234 e. The number of nitrogens with one attached hydrogen (secondary N) is 2. The van der Waals surface area contributed by atoms with Crippen molar-refractivity contribution in [1.82, 2.24) is 0 Å². The van der Waals surface area contributed by atoms with Gasteiger partial charge in [0, 0.05) is 17.5 Å². The summed E-state index contributed by atoms with van der Waals surface area (Å²) in [6.07, 6.45) is 0. The van der Waals surface area contributed by atoms with E-state index >= 15 is 0 Å². The number of carbonyl (C=O) groups is 2. The number of benzene rings is 2.